The second-order valence-electron chi connectivity index (χ2n) is 7.91. The summed E-state index contributed by atoms with van der Waals surface area (Å²) in [5.41, 5.74) is 1.94. The van der Waals surface area contributed by atoms with Gasteiger partial charge in [0.15, 0.2) is 0 Å². The van der Waals surface area contributed by atoms with Crippen LogP contribution in [0.1, 0.15) is 43.7 Å². The second-order valence-corrected chi connectivity index (χ2v) is 7.91. The molecule has 1 N–H and O–H groups in total. The molecule has 0 bridgehead atoms. The van der Waals surface area contributed by atoms with E-state index in [2.05, 4.69) is 27.5 Å². The van der Waals surface area contributed by atoms with Crippen molar-refractivity contribution < 1.29 is 14.0 Å². The van der Waals surface area contributed by atoms with Crippen LogP contribution in [0.15, 0.2) is 53.7 Å². The van der Waals surface area contributed by atoms with Crippen molar-refractivity contribution in [1.29, 1.82) is 0 Å². The number of nitrogens with one attached hydrogen (secondary N) is 1. The van der Waals surface area contributed by atoms with Crippen molar-refractivity contribution in [3.8, 4) is 0 Å². The number of benzene rings is 2. The molecule has 1 amide bonds. The SMILES string of the molecule is CC1(C(=O)NCc2ccc(N3CCCCC3)cc2)CC(c2ccccc2F)=NO1. The van der Waals surface area contributed by atoms with E-state index in [-0.39, 0.29) is 18.1 Å². The predicted octanol–water partition coefficient (Wildman–Crippen LogP) is 4.02. The molecule has 0 spiro atoms. The molecule has 5 nitrogen and oxygen atoms in total. The topological polar surface area (TPSA) is 53.9 Å². The monoisotopic (exact) mass is 395 g/mol. The molecule has 2 aliphatic heterocycles. The number of hydrogen-bond acceptors (Lipinski definition) is 4. The molecule has 1 saturated heterocycles. The van der Waals surface area contributed by atoms with Crippen LogP contribution in [0.2, 0.25) is 0 Å². The van der Waals surface area contributed by atoms with E-state index < -0.39 is 5.60 Å². The summed E-state index contributed by atoms with van der Waals surface area (Å²) in [7, 11) is 0. The molecule has 1 fully saturated rings. The highest BCUT2D eigenvalue weighted by molar-refractivity contribution is 6.05. The molecule has 4 rings (SSSR count). The van der Waals surface area contributed by atoms with Crippen LogP contribution in [0, 0.1) is 5.82 Å². The molecule has 2 aliphatic rings. The Morgan fingerprint density at radius 2 is 1.86 bits per heavy atom. The quantitative estimate of drug-likeness (QED) is 0.832. The molecule has 29 heavy (non-hydrogen) atoms. The van der Waals surface area contributed by atoms with E-state index in [4.69, 9.17) is 4.84 Å². The molecule has 1 unspecified atom stereocenters. The Labute approximate surface area is 170 Å². The van der Waals surface area contributed by atoms with Crippen molar-refractivity contribution in [3.05, 3.63) is 65.5 Å². The second kappa shape index (κ2) is 8.23. The van der Waals surface area contributed by atoms with Gasteiger partial charge in [-0.1, -0.05) is 35.5 Å². The Morgan fingerprint density at radius 1 is 1.14 bits per heavy atom. The Bertz CT molecular complexity index is 907. The fourth-order valence-corrected chi connectivity index (χ4v) is 3.85. The minimum absolute atomic E-state index is 0.230. The number of hydrogen-bond donors (Lipinski definition) is 1. The first-order valence-corrected chi connectivity index (χ1v) is 10.2. The van der Waals surface area contributed by atoms with Gasteiger partial charge in [0.1, 0.15) is 5.82 Å². The maximum Gasteiger partial charge on any atom is 0.267 e. The fraction of sp³-hybridized carbons (Fsp3) is 0.391. The van der Waals surface area contributed by atoms with E-state index in [1.54, 1.807) is 25.1 Å². The molecule has 0 radical (unpaired) electrons. The fourth-order valence-electron chi connectivity index (χ4n) is 3.85. The Kier molecular flexibility index (Phi) is 5.51. The van der Waals surface area contributed by atoms with Crippen molar-refractivity contribution in [2.24, 2.45) is 5.16 Å². The van der Waals surface area contributed by atoms with E-state index in [1.165, 1.54) is 31.0 Å². The molecular formula is C23H26FN3O2. The Morgan fingerprint density at radius 3 is 2.59 bits per heavy atom. The number of carbonyl (C=O) groups is 1. The largest absolute Gasteiger partial charge is 0.379 e. The zero-order chi connectivity index (χ0) is 20.3. The molecule has 6 heteroatoms. The number of oxime groups is 1. The number of amides is 1. The zero-order valence-electron chi connectivity index (χ0n) is 16.7. The van der Waals surface area contributed by atoms with Crippen LogP contribution in [-0.4, -0.2) is 30.3 Å². The van der Waals surface area contributed by atoms with Crippen molar-refractivity contribution >= 4 is 17.3 Å². The first-order chi connectivity index (χ1) is 14.0. The van der Waals surface area contributed by atoms with Crippen LogP contribution in [0.3, 0.4) is 0 Å². The highest BCUT2D eigenvalue weighted by atomic mass is 19.1. The zero-order valence-corrected chi connectivity index (χ0v) is 16.7. The number of anilines is 1. The van der Waals surface area contributed by atoms with Crippen molar-refractivity contribution in [2.45, 2.75) is 44.8 Å². The van der Waals surface area contributed by atoms with E-state index in [0.717, 1.165) is 18.7 Å². The Balaban J connectivity index is 1.33. The van der Waals surface area contributed by atoms with Crippen molar-refractivity contribution in [2.75, 3.05) is 18.0 Å². The van der Waals surface area contributed by atoms with Gasteiger partial charge in [-0.15, -0.1) is 0 Å². The van der Waals surface area contributed by atoms with Gasteiger partial charge in [0.05, 0.1) is 5.71 Å². The van der Waals surface area contributed by atoms with Crippen molar-refractivity contribution in [3.63, 3.8) is 0 Å². The molecule has 1 atom stereocenters. The summed E-state index contributed by atoms with van der Waals surface area (Å²) in [6, 6.07) is 14.7. The van der Waals surface area contributed by atoms with Gasteiger partial charge in [-0.2, -0.15) is 0 Å². The van der Waals surface area contributed by atoms with Crippen LogP contribution in [-0.2, 0) is 16.2 Å². The summed E-state index contributed by atoms with van der Waals surface area (Å²) in [6.07, 6.45) is 4.03. The average Bonchev–Trinajstić information content (AvgIpc) is 3.16. The van der Waals surface area contributed by atoms with Crippen LogP contribution in [0.4, 0.5) is 10.1 Å². The molecule has 2 heterocycles. The van der Waals surface area contributed by atoms with Gasteiger partial charge in [-0.05, 0) is 49.9 Å². The summed E-state index contributed by atoms with van der Waals surface area (Å²) in [4.78, 5) is 20.5. The first-order valence-electron chi connectivity index (χ1n) is 10.2. The minimum Gasteiger partial charge on any atom is -0.379 e. The molecular weight excluding hydrogens is 369 g/mol. The standard InChI is InChI=1S/C23H26FN3O2/c1-23(15-21(26-29-23)19-7-3-4-8-20(19)24)22(28)25-16-17-9-11-18(12-10-17)27-13-5-2-6-14-27/h3-4,7-12H,2,5-6,13-16H2,1H3,(H,25,28). The molecule has 0 aromatic heterocycles. The lowest BCUT2D eigenvalue weighted by molar-refractivity contribution is -0.141. The van der Waals surface area contributed by atoms with Gasteiger partial charge >= 0.3 is 0 Å². The lowest BCUT2D eigenvalue weighted by Crippen LogP contribution is -2.44. The van der Waals surface area contributed by atoms with E-state index in [0.29, 0.717) is 17.8 Å². The van der Waals surface area contributed by atoms with E-state index >= 15 is 0 Å². The van der Waals surface area contributed by atoms with E-state index in [1.807, 2.05) is 12.1 Å². The third-order valence-electron chi connectivity index (χ3n) is 5.64. The van der Waals surface area contributed by atoms with Gasteiger partial charge < -0.3 is 15.1 Å². The van der Waals surface area contributed by atoms with Crippen molar-refractivity contribution in [1.82, 2.24) is 5.32 Å². The summed E-state index contributed by atoms with van der Waals surface area (Å²) < 4.78 is 14.0. The maximum absolute atomic E-state index is 14.0. The molecule has 0 aliphatic carbocycles. The maximum atomic E-state index is 14.0. The summed E-state index contributed by atoms with van der Waals surface area (Å²) in [5.74, 6) is -0.624. The van der Waals surface area contributed by atoms with Crippen LogP contribution >= 0.6 is 0 Å². The smallest absolute Gasteiger partial charge is 0.267 e. The van der Waals surface area contributed by atoms with Crippen LogP contribution in [0.25, 0.3) is 0 Å². The Hall–Kier alpha value is -2.89. The van der Waals surface area contributed by atoms with Gasteiger partial charge in [0, 0.05) is 37.3 Å². The van der Waals surface area contributed by atoms with Gasteiger partial charge in [0.2, 0.25) is 5.60 Å². The van der Waals surface area contributed by atoms with Crippen LogP contribution < -0.4 is 10.2 Å². The summed E-state index contributed by atoms with van der Waals surface area (Å²) in [5, 5.41) is 6.89. The normalized spacial score (nSPS) is 21.4. The molecule has 2 aromatic rings. The predicted molar refractivity (Wildman–Crippen MR) is 111 cm³/mol. The summed E-state index contributed by atoms with van der Waals surface area (Å²) in [6.45, 7) is 4.30. The number of halogens is 1. The van der Waals surface area contributed by atoms with Gasteiger partial charge in [-0.25, -0.2) is 4.39 Å². The number of nitrogens with zero attached hydrogens (tertiary/aromatic N) is 2. The first kappa shape index (κ1) is 19.4. The summed E-state index contributed by atoms with van der Waals surface area (Å²) >= 11 is 0. The molecule has 2 aromatic carbocycles. The third-order valence-corrected chi connectivity index (χ3v) is 5.64. The minimum atomic E-state index is -1.13. The van der Waals surface area contributed by atoms with E-state index in [9.17, 15) is 9.18 Å². The van der Waals surface area contributed by atoms with Crippen LogP contribution in [0.5, 0.6) is 0 Å². The molecule has 0 saturated carbocycles. The highest BCUT2D eigenvalue weighted by Gasteiger charge is 2.42. The highest BCUT2D eigenvalue weighted by Crippen LogP contribution is 2.28. The third kappa shape index (κ3) is 4.26. The lowest BCUT2D eigenvalue weighted by Gasteiger charge is -2.29. The number of piperidine rings is 1. The average molecular weight is 395 g/mol. The van der Waals surface area contributed by atoms with Gasteiger partial charge in [0.25, 0.3) is 5.91 Å². The number of carbonyl (C=O) groups excluding carboxylic acids is 1. The molecule has 152 valence electrons. The number of rotatable bonds is 5. The lowest BCUT2D eigenvalue weighted by atomic mass is 9.95. The van der Waals surface area contributed by atoms with Gasteiger partial charge in [-0.3, -0.25) is 4.79 Å².